The van der Waals surface area contributed by atoms with Crippen molar-refractivity contribution in [3.8, 4) is 0 Å². The molecule has 0 fully saturated rings. The van der Waals surface area contributed by atoms with Crippen molar-refractivity contribution < 1.29 is 15.0 Å². The van der Waals surface area contributed by atoms with Crippen LogP contribution in [-0.4, -0.2) is 34.9 Å². The summed E-state index contributed by atoms with van der Waals surface area (Å²) in [6, 6.07) is -0.687. The van der Waals surface area contributed by atoms with E-state index >= 15 is 0 Å². The molecule has 2 unspecified atom stereocenters. The first-order valence-corrected chi connectivity index (χ1v) is 20.8. The summed E-state index contributed by atoms with van der Waals surface area (Å²) in [5.74, 6) is -0.161. The summed E-state index contributed by atoms with van der Waals surface area (Å²) in [7, 11) is 0. The Morgan fingerprint density at radius 3 is 1.38 bits per heavy atom. The fraction of sp³-hybridized carbons (Fsp3) is 0.674. The molecule has 1 amide bonds. The van der Waals surface area contributed by atoms with Gasteiger partial charge < -0.3 is 15.5 Å². The molecule has 0 spiro atoms. The van der Waals surface area contributed by atoms with Crippen molar-refractivity contribution in [1.82, 2.24) is 5.32 Å². The molecule has 3 N–H and O–H groups in total. The smallest absolute Gasteiger partial charge is 0.220 e. The molecule has 0 aliphatic rings. The summed E-state index contributed by atoms with van der Waals surface area (Å²) in [4.78, 5) is 12.3. The van der Waals surface area contributed by atoms with Crippen molar-refractivity contribution in [3.05, 3.63) is 85.1 Å². The lowest BCUT2D eigenvalue weighted by Crippen LogP contribution is -2.45. The van der Waals surface area contributed by atoms with Crippen LogP contribution in [0.15, 0.2) is 85.1 Å². The number of amides is 1. The fourth-order valence-electron chi connectivity index (χ4n) is 5.69. The molecule has 0 aliphatic carbocycles. The number of nitrogens with one attached hydrogen (secondary N) is 1. The fourth-order valence-corrected chi connectivity index (χ4v) is 5.69. The number of carbonyl (C=O) groups is 1. The van der Waals surface area contributed by atoms with Gasteiger partial charge in [0.25, 0.3) is 0 Å². The molecule has 0 rings (SSSR count). The third kappa shape index (κ3) is 36.8. The maximum atomic E-state index is 12.3. The van der Waals surface area contributed by atoms with Crippen molar-refractivity contribution in [1.29, 1.82) is 0 Å². The number of rotatable bonds is 36. The highest BCUT2D eigenvalue weighted by Crippen LogP contribution is 2.14. The lowest BCUT2D eigenvalue weighted by atomic mass is 10.0. The van der Waals surface area contributed by atoms with E-state index in [0.717, 1.165) is 51.4 Å². The highest BCUT2D eigenvalue weighted by Gasteiger charge is 2.17. The Bertz CT molecular complexity index is 926. The molecule has 4 heteroatoms. The first-order valence-electron chi connectivity index (χ1n) is 20.8. The van der Waals surface area contributed by atoms with Gasteiger partial charge in [0, 0.05) is 6.42 Å². The monoisotopic (exact) mass is 694 g/mol. The van der Waals surface area contributed by atoms with Crippen LogP contribution in [0.2, 0.25) is 0 Å². The van der Waals surface area contributed by atoms with Crippen LogP contribution in [0.3, 0.4) is 0 Å². The van der Waals surface area contributed by atoms with Gasteiger partial charge in [-0.25, -0.2) is 0 Å². The van der Waals surface area contributed by atoms with E-state index in [4.69, 9.17) is 0 Å². The molecule has 0 aromatic heterocycles. The van der Waals surface area contributed by atoms with Gasteiger partial charge in [0.05, 0.1) is 18.8 Å². The quantitative estimate of drug-likeness (QED) is 0.0452. The molecule has 0 saturated carbocycles. The van der Waals surface area contributed by atoms with Crippen LogP contribution in [0, 0.1) is 0 Å². The minimum Gasteiger partial charge on any atom is -0.394 e. The maximum Gasteiger partial charge on any atom is 0.220 e. The van der Waals surface area contributed by atoms with Gasteiger partial charge in [0.2, 0.25) is 5.91 Å². The number of aliphatic hydroxyl groups excluding tert-OH is 2. The summed E-state index contributed by atoms with van der Waals surface area (Å²) in [5.41, 5.74) is 0. The summed E-state index contributed by atoms with van der Waals surface area (Å²) in [6.45, 7) is 4.13. The normalized spacial score (nSPS) is 13.9. The van der Waals surface area contributed by atoms with E-state index in [1.165, 1.54) is 103 Å². The number of aliphatic hydroxyl groups is 2. The van der Waals surface area contributed by atoms with Gasteiger partial charge in [-0.05, 0) is 70.6 Å². The standard InChI is InChI=1S/C46H79NO3/c1-3-5-7-9-11-13-15-17-18-19-20-21-22-23-24-25-26-27-28-30-31-33-35-37-39-41-45(49)44(43-48)47-46(50)42-40-38-36-34-32-29-16-14-12-10-8-6-4-2/h6,8,12,14,26-27,29,31-33,36,38-39,41,44-45,48-49H,3-5,7,9-11,13,15-25,28,30,34-35,37,40,42-43H2,1-2H3,(H,47,50)/b8-6-,14-12-,27-26+,32-29-,33-31+,38-36-,41-39+. The molecule has 4 nitrogen and oxygen atoms in total. The van der Waals surface area contributed by atoms with Crippen molar-refractivity contribution in [2.45, 2.75) is 193 Å². The van der Waals surface area contributed by atoms with Crippen molar-refractivity contribution >= 4 is 5.91 Å². The van der Waals surface area contributed by atoms with Gasteiger partial charge in [-0.1, -0.05) is 189 Å². The molecule has 2 atom stereocenters. The van der Waals surface area contributed by atoms with E-state index in [0.29, 0.717) is 12.8 Å². The molecular formula is C46H79NO3. The number of unbranched alkanes of at least 4 members (excludes halogenated alkanes) is 17. The predicted octanol–water partition coefficient (Wildman–Crippen LogP) is 12.9. The van der Waals surface area contributed by atoms with Crippen molar-refractivity contribution in [2.24, 2.45) is 0 Å². The highest BCUT2D eigenvalue weighted by molar-refractivity contribution is 5.76. The largest absolute Gasteiger partial charge is 0.394 e. The summed E-state index contributed by atoms with van der Waals surface area (Å²) >= 11 is 0. The first kappa shape index (κ1) is 47.6. The summed E-state index contributed by atoms with van der Waals surface area (Å²) in [6.07, 6.45) is 59.9. The van der Waals surface area contributed by atoms with Crippen LogP contribution in [-0.2, 0) is 4.79 Å². The lowest BCUT2D eigenvalue weighted by molar-refractivity contribution is -0.122. The van der Waals surface area contributed by atoms with E-state index in [-0.39, 0.29) is 12.5 Å². The topological polar surface area (TPSA) is 69.6 Å². The van der Waals surface area contributed by atoms with E-state index in [9.17, 15) is 15.0 Å². The molecule has 0 saturated heterocycles. The third-order valence-corrected chi connectivity index (χ3v) is 8.85. The van der Waals surface area contributed by atoms with Crippen LogP contribution >= 0.6 is 0 Å². The van der Waals surface area contributed by atoms with Crippen LogP contribution < -0.4 is 5.32 Å². The zero-order chi connectivity index (χ0) is 36.4. The van der Waals surface area contributed by atoms with E-state index in [1.54, 1.807) is 6.08 Å². The molecule has 0 radical (unpaired) electrons. The Morgan fingerprint density at radius 1 is 0.500 bits per heavy atom. The van der Waals surface area contributed by atoms with Crippen molar-refractivity contribution in [2.75, 3.05) is 6.61 Å². The Hall–Kier alpha value is -2.43. The highest BCUT2D eigenvalue weighted by atomic mass is 16.3. The number of allylic oxidation sites excluding steroid dienone is 13. The number of hydrogen-bond acceptors (Lipinski definition) is 3. The van der Waals surface area contributed by atoms with Gasteiger partial charge >= 0.3 is 0 Å². The van der Waals surface area contributed by atoms with E-state index < -0.39 is 12.1 Å². The minimum absolute atomic E-state index is 0.161. The van der Waals surface area contributed by atoms with Crippen LogP contribution in [0.25, 0.3) is 0 Å². The molecular weight excluding hydrogens is 615 g/mol. The Morgan fingerprint density at radius 2 is 0.900 bits per heavy atom. The second-order valence-corrected chi connectivity index (χ2v) is 13.7. The number of hydrogen-bond donors (Lipinski definition) is 3. The van der Waals surface area contributed by atoms with E-state index in [2.05, 4.69) is 86.0 Å². The van der Waals surface area contributed by atoms with Gasteiger partial charge in [-0.3, -0.25) is 4.79 Å². The summed E-state index contributed by atoms with van der Waals surface area (Å²) < 4.78 is 0. The first-order chi connectivity index (χ1) is 24.7. The summed E-state index contributed by atoms with van der Waals surface area (Å²) in [5, 5.41) is 22.8. The van der Waals surface area contributed by atoms with Gasteiger partial charge in [-0.15, -0.1) is 0 Å². The predicted molar refractivity (Wildman–Crippen MR) is 220 cm³/mol. The van der Waals surface area contributed by atoms with Gasteiger partial charge in [0.15, 0.2) is 0 Å². The van der Waals surface area contributed by atoms with Gasteiger partial charge in [-0.2, -0.15) is 0 Å². The molecule has 286 valence electrons. The third-order valence-electron chi connectivity index (χ3n) is 8.85. The van der Waals surface area contributed by atoms with Crippen LogP contribution in [0.1, 0.15) is 181 Å². The zero-order valence-corrected chi connectivity index (χ0v) is 32.6. The molecule has 0 heterocycles. The van der Waals surface area contributed by atoms with Crippen LogP contribution in [0.4, 0.5) is 0 Å². The van der Waals surface area contributed by atoms with Crippen molar-refractivity contribution in [3.63, 3.8) is 0 Å². The lowest BCUT2D eigenvalue weighted by Gasteiger charge is -2.19. The Labute approximate surface area is 310 Å². The maximum absolute atomic E-state index is 12.3. The second-order valence-electron chi connectivity index (χ2n) is 13.7. The zero-order valence-electron chi connectivity index (χ0n) is 32.6. The molecule has 0 aliphatic heterocycles. The molecule has 0 bridgehead atoms. The Kier molecular flexibility index (Phi) is 39.0. The van der Waals surface area contributed by atoms with Crippen LogP contribution in [0.5, 0.6) is 0 Å². The second kappa shape index (κ2) is 41.0. The number of carbonyl (C=O) groups excluding carboxylic acids is 1. The SMILES string of the molecule is CC/C=C\C/C=C\C/C=C\C/C=C\CCC(=O)NC(CO)C(O)/C=C/CC/C=C/CC/C=C/CCCCCCCCCCCCCCCCC. The Balaban J connectivity index is 3.72. The molecule has 0 aromatic carbocycles. The van der Waals surface area contributed by atoms with E-state index in [1.807, 2.05) is 12.2 Å². The average Bonchev–Trinajstić information content (AvgIpc) is 3.12. The van der Waals surface area contributed by atoms with Gasteiger partial charge in [0.1, 0.15) is 0 Å². The molecule has 50 heavy (non-hydrogen) atoms. The minimum atomic E-state index is -0.903. The average molecular weight is 694 g/mol. The molecule has 0 aromatic rings.